The summed E-state index contributed by atoms with van der Waals surface area (Å²) in [4.78, 5) is 26.1. The Labute approximate surface area is 235 Å². The van der Waals surface area contributed by atoms with Gasteiger partial charge in [-0.05, 0) is 73.4 Å². The predicted octanol–water partition coefficient (Wildman–Crippen LogP) is 6.01. The SMILES string of the molecule is Cc1ccc(C)c(N(Cc2ccc(C(=O)Nc3ccccc3C(=O)N[C@H](C)c3ccccc3)cc2)S(C)(=O)=O)c1. The van der Waals surface area contributed by atoms with Crippen molar-refractivity contribution in [1.29, 1.82) is 0 Å². The van der Waals surface area contributed by atoms with Crippen LogP contribution in [0.3, 0.4) is 0 Å². The van der Waals surface area contributed by atoms with Crippen LogP contribution in [0.5, 0.6) is 0 Å². The van der Waals surface area contributed by atoms with Gasteiger partial charge in [-0.3, -0.25) is 13.9 Å². The van der Waals surface area contributed by atoms with Crippen LogP contribution in [0, 0.1) is 13.8 Å². The second-order valence-electron chi connectivity index (χ2n) is 9.86. The second kappa shape index (κ2) is 12.2. The van der Waals surface area contributed by atoms with E-state index in [1.165, 1.54) is 10.6 Å². The summed E-state index contributed by atoms with van der Waals surface area (Å²) in [5.41, 5.74) is 5.29. The molecule has 0 aliphatic rings. The Hall–Kier alpha value is -4.43. The van der Waals surface area contributed by atoms with E-state index in [-0.39, 0.29) is 24.4 Å². The number of benzene rings is 4. The molecule has 7 nitrogen and oxygen atoms in total. The van der Waals surface area contributed by atoms with Gasteiger partial charge in [0.2, 0.25) is 10.0 Å². The molecule has 0 spiro atoms. The summed E-state index contributed by atoms with van der Waals surface area (Å²) >= 11 is 0. The van der Waals surface area contributed by atoms with Crippen LogP contribution in [0.1, 0.15) is 55.9 Å². The summed E-state index contributed by atoms with van der Waals surface area (Å²) in [6.45, 7) is 5.83. The van der Waals surface area contributed by atoms with Crippen molar-refractivity contribution in [2.24, 2.45) is 0 Å². The molecule has 4 aromatic rings. The van der Waals surface area contributed by atoms with Gasteiger partial charge in [-0.15, -0.1) is 0 Å². The van der Waals surface area contributed by atoms with E-state index in [2.05, 4.69) is 10.6 Å². The fraction of sp³-hybridized carbons (Fsp3) is 0.188. The number of anilines is 2. The molecule has 0 fully saturated rings. The number of sulfonamides is 1. The third-order valence-corrected chi connectivity index (χ3v) is 7.77. The highest BCUT2D eigenvalue weighted by Crippen LogP contribution is 2.26. The normalized spacial score (nSPS) is 11.9. The summed E-state index contributed by atoms with van der Waals surface area (Å²) < 4.78 is 26.7. The third-order valence-electron chi connectivity index (χ3n) is 6.64. The van der Waals surface area contributed by atoms with Crippen molar-refractivity contribution >= 4 is 33.2 Å². The lowest BCUT2D eigenvalue weighted by Gasteiger charge is -2.25. The summed E-state index contributed by atoms with van der Waals surface area (Å²) in [5.74, 6) is -0.674. The van der Waals surface area contributed by atoms with Crippen molar-refractivity contribution < 1.29 is 18.0 Å². The Balaban J connectivity index is 1.48. The standard InChI is InChI=1S/C32H33N3O4S/c1-22-14-15-23(2)30(20-22)35(40(4,38)39)21-25-16-18-27(19-17-25)31(36)34-29-13-9-8-12-28(29)32(37)33-24(3)26-10-6-5-7-11-26/h5-20,24H,21H2,1-4H3,(H,33,37)(H,34,36)/t24-/m1/s1. The number of amides is 2. The van der Waals surface area contributed by atoms with Crippen LogP contribution in [0.25, 0.3) is 0 Å². The first-order valence-electron chi connectivity index (χ1n) is 12.9. The first kappa shape index (κ1) is 28.6. The Morgan fingerprint density at radius 3 is 2.15 bits per heavy atom. The van der Waals surface area contributed by atoms with Crippen molar-refractivity contribution in [3.05, 3.63) is 130 Å². The van der Waals surface area contributed by atoms with Gasteiger partial charge in [0.15, 0.2) is 0 Å². The molecule has 0 unspecified atom stereocenters. The Morgan fingerprint density at radius 1 is 0.825 bits per heavy atom. The van der Waals surface area contributed by atoms with Gasteiger partial charge in [0, 0.05) is 5.56 Å². The van der Waals surface area contributed by atoms with E-state index in [1.807, 2.05) is 69.3 Å². The van der Waals surface area contributed by atoms with Crippen molar-refractivity contribution in [1.82, 2.24) is 5.32 Å². The van der Waals surface area contributed by atoms with E-state index in [0.29, 0.717) is 22.5 Å². The topological polar surface area (TPSA) is 95.6 Å². The number of rotatable bonds is 9. The van der Waals surface area contributed by atoms with Gasteiger partial charge in [-0.25, -0.2) is 8.42 Å². The van der Waals surface area contributed by atoms with E-state index in [0.717, 1.165) is 22.3 Å². The first-order chi connectivity index (χ1) is 19.0. The molecule has 0 aliphatic heterocycles. The molecule has 4 rings (SSSR count). The van der Waals surface area contributed by atoms with Crippen LogP contribution in [0.15, 0.2) is 97.1 Å². The molecule has 2 amide bonds. The van der Waals surface area contributed by atoms with Gasteiger partial charge in [0.05, 0.1) is 35.8 Å². The summed E-state index contributed by atoms with van der Waals surface area (Å²) in [5, 5.41) is 5.82. The van der Waals surface area contributed by atoms with Gasteiger partial charge in [-0.1, -0.05) is 66.7 Å². The fourth-order valence-electron chi connectivity index (χ4n) is 4.38. The van der Waals surface area contributed by atoms with Crippen molar-refractivity contribution in [3.63, 3.8) is 0 Å². The largest absolute Gasteiger partial charge is 0.345 e. The highest BCUT2D eigenvalue weighted by Gasteiger charge is 2.21. The molecule has 0 saturated heterocycles. The molecule has 0 aliphatic carbocycles. The minimum absolute atomic E-state index is 0.133. The monoisotopic (exact) mass is 555 g/mol. The lowest BCUT2D eigenvalue weighted by molar-refractivity contribution is 0.0940. The molecule has 4 aromatic carbocycles. The highest BCUT2D eigenvalue weighted by molar-refractivity contribution is 7.92. The molecule has 8 heteroatoms. The van der Waals surface area contributed by atoms with Gasteiger partial charge in [0.1, 0.15) is 0 Å². The summed E-state index contributed by atoms with van der Waals surface area (Å²) in [6.07, 6.45) is 1.19. The number of nitrogens with one attached hydrogen (secondary N) is 2. The lowest BCUT2D eigenvalue weighted by atomic mass is 10.1. The summed E-state index contributed by atoms with van der Waals surface area (Å²) in [7, 11) is -3.55. The fourth-order valence-corrected chi connectivity index (χ4v) is 5.32. The molecular weight excluding hydrogens is 522 g/mol. The number of carbonyl (C=O) groups is 2. The Morgan fingerprint density at radius 2 is 1.48 bits per heavy atom. The van der Waals surface area contributed by atoms with E-state index in [1.54, 1.807) is 48.5 Å². The minimum atomic E-state index is -3.55. The Kier molecular flexibility index (Phi) is 8.70. The highest BCUT2D eigenvalue weighted by atomic mass is 32.2. The van der Waals surface area contributed by atoms with Gasteiger partial charge in [-0.2, -0.15) is 0 Å². The second-order valence-corrected chi connectivity index (χ2v) is 11.8. The molecule has 0 heterocycles. The molecule has 0 aromatic heterocycles. The van der Waals surface area contributed by atoms with Gasteiger partial charge in [0.25, 0.3) is 11.8 Å². The zero-order valence-corrected chi connectivity index (χ0v) is 23.8. The predicted molar refractivity (Wildman–Crippen MR) is 160 cm³/mol. The van der Waals surface area contributed by atoms with Crippen LogP contribution in [0.4, 0.5) is 11.4 Å². The molecule has 0 bridgehead atoms. The average molecular weight is 556 g/mol. The van der Waals surface area contributed by atoms with E-state index >= 15 is 0 Å². The van der Waals surface area contributed by atoms with E-state index in [4.69, 9.17) is 0 Å². The first-order valence-corrected chi connectivity index (χ1v) is 14.8. The zero-order chi connectivity index (χ0) is 28.9. The number of hydrogen-bond acceptors (Lipinski definition) is 4. The van der Waals surface area contributed by atoms with Crippen LogP contribution < -0.4 is 14.9 Å². The maximum atomic E-state index is 13.1. The molecular formula is C32H33N3O4S. The quantitative estimate of drug-likeness (QED) is 0.264. The minimum Gasteiger partial charge on any atom is -0.345 e. The number of hydrogen-bond donors (Lipinski definition) is 2. The van der Waals surface area contributed by atoms with Gasteiger partial charge < -0.3 is 10.6 Å². The molecule has 40 heavy (non-hydrogen) atoms. The molecule has 1 atom stereocenters. The molecule has 0 radical (unpaired) electrons. The average Bonchev–Trinajstić information content (AvgIpc) is 2.93. The van der Waals surface area contributed by atoms with Crippen molar-refractivity contribution in [3.8, 4) is 0 Å². The van der Waals surface area contributed by atoms with E-state index in [9.17, 15) is 18.0 Å². The molecule has 206 valence electrons. The van der Waals surface area contributed by atoms with Gasteiger partial charge >= 0.3 is 0 Å². The van der Waals surface area contributed by atoms with Crippen LogP contribution >= 0.6 is 0 Å². The van der Waals surface area contributed by atoms with Crippen molar-refractivity contribution in [2.45, 2.75) is 33.4 Å². The van der Waals surface area contributed by atoms with E-state index < -0.39 is 10.0 Å². The third kappa shape index (κ3) is 6.95. The van der Waals surface area contributed by atoms with Crippen LogP contribution in [-0.2, 0) is 16.6 Å². The van der Waals surface area contributed by atoms with Crippen molar-refractivity contribution in [2.75, 3.05) is 15.9 Å². The molecule has 0 saturated carbocycles. The smallest absolute Gasteiger partial charge is 0.255 e. The Bertz CT molecular complexity index is 1620. The number of carbonyl (C=O) groups excluding carboxylic acids is 2. The zero-order valence-electron chi connectivity index (χ0n) is 23.0. The maximum Gasteiger partial charge on any atom is 0.255 e. The number of aryl methyl sites for hydroxylation is 2. The number of para-hydroxylation sites is 1. The molecule has 2 N–H and O–H groups in total. The summed E-state index contributed by atoms with van der Waals surface area (Å²) in [6, 6.07) is 28.7. The lowest BCUT2D eigenvalue weighted by Crippen LogP contribution is -2.30. The van der Waals surface area contributed by atoms with Crippen LogP contribution in [0.2, 0.25) is 0 Å². The maximum absolute atomic E-state index is 13.1. The number of nitrogens with zero attached hydrogens (tertiary/aromatic N) is 1. The van der Waals surface area contributed by atoms with Crippen LogP contribution in [-0.4, -0.2) is 26.5 Å².